The smallest absolute Gasteiger partial charge is 0.341 e. The Kier molecular flexibility index (Phi) is 7.36. The van der Waals surface area contributed by atoms with Gasteiger partial charge < -0.3 is 9.84 Å². The van der Waals surface area contributed by atoms with Crippen LogP contribution in [0.1, 0.15) is 27.8 Å². The first kappa shape index (κ1) is 21.7. The molecule has 0 unspecified atom stereocenters. The minimum Gasteiger partial charge on any atom is -0.482 e. The number of rotatable bonds is 8. The highest BCUT2D eigenvalue weighted by molar-refractivity contribution is 7.99. The molecule has 0 aromatic heterocycles. The van der Waals surface area contributed by atoms with Gasteiger partial charge in [-0.3, -0.25) is 0 Å². The van der Waals surface area contributed by atoms with Crippen LogP contribution >= 0.6 is 11.8 Å². The molecule has 0 saturated carbocycles. The van der Waals surface area contributed by atoms with Gasteiger partial charge >= 0.3 is 5.97 Å². The number of carboxylic acids is 1. The molecule has 0 radical (unpaired) electrons. The van der Waals surface area contributed by atoms with Crippen LogP contribution in [0.5, 0.6) is 5.75 Å². The van der Waals surface area contributed by atoms with Crippen molar-refractivity contribution in [3.63, 3.8) is 0 Å². The number of hydrogen-bond donors (Lipinski definition) is 1. The summed E-state index contributed by atoms with van der Waals surface area (Å²) in [4.78, 5) is 11.8. The van der Waals surface area contributed by atoms with Gasteiger partial charge in [0.25, 0.3) is 0 Å². The van der Waals surface area contributed by atoms with Crippen molar-refractivity contribution in [2.75, 3.05) is 12.4 Å². The maximum atomic E-state index is 10.7. The largest absolute Gasteiger partial charge is 0.482 e. The minimum absolute atomic E-state index is 0.327. The van der Waals surface area contributed by atoms with Crippen LogP contribution in [0.2, 0.25) is 0 Å². The molecule has 0 aliphatic carbocycles. The Morgan fingerprint density at radius 3 is 1.97 bits per heavy atom. The summed E-state index contributed by atoms with van der Waals surface area (Å²) in [5, 5.41) is 8.77. The van der Waals surface area contributed by atoms with E-state index in [1.165, 1.54) is 27.8 Å². The second-order valence-corrected chi connectivity index (χ2v) is 8.36. The first-order chi connectivity index (χ1) is 14.4. The van der Waals surface area contributed by atoms with Gasteiger partial charge in [-0.05, 0) is 61.2 Å². The summed E-state index contributed by atoms with van der Waals surface area (Å²) >= 11 is 1.74. The lowest BCUT2D eigenvalue weighted by Gasteiger charge is -2.11. The number of carbonyl (C=O) groups is 1. The maximum Gasteiger partial charge on any atom is 0.341 e. The lowest BCUT2D eigenvalue weighted by atomic mass is 9.96. The summed E-state index contributed by atoms with van der Waals surface area (Å²) in [5.41, 5.74) is 7.06. The SMILES string of the molecule is Cc1ccc(C(=CCSc2ccc(OCC(=O)O)c(C)c2)c2ccc(C)cc2)cc1. The molecule has 0 spiro atoms. The summed E-state index contributed by atoms with van der Waals surface area (Å²) in [5.74, 6) is 0.460. The van der Waals surface area contributed by atoms with Crippen LogP contribution in [0.25, 0.3) is 5.57 Å². The van der Waals surface area contributed by atoms with Crippen LogP contribution in [0.3, 0.4) is 0 Å². The Balaban J connectivity index is 1.77. The molecule has 3 nitrogen and oxygen atoms in total. The molecule has 0 atom stereocenters. The standard InChI is InChI=1S/C26H26O3S/c1-18-4-8-21(9-5-18)24(22-10-6-19(2)7-11-22)14-15-30-23-12-13-25(20(3)16-23)29-17-26(27)28/h4-14,16H,15,17H2,1-3H3,(H,27,28). The van der Waals surface area contributed by atoms with E-state index in [2.05, 4.69) is 68.5 Å². The van der Waals surface area contributed by atoms with Crippen LogP contribution in [0, 0.1) is 20.8 Å². The fourth-order valence-electron chi connectivity index (χ4n) is 3.10. The van der Waals surface area contributed by atoms with Crippen molar-refractivity contribution in [2.24, 2.45) is 0 Å². The molecule has 3 aromatic carbocycles. The molecule has 0 bridgehead atoms. The van der Waals surface area contributed by atoms with Crippen LogP contribution in [0.4, 0.5) is 0 Å². The number of aliphatic carboxylic acids is 1. The normalized spacial score (nSPS) is 10.5. The van der Waals surface area contributed by atoms with E-state index in [1.54, 1.807) is 11.8 Å². The van der Waals surface area contributed by atoms with E-state index >= 15 is 0 Å². The third-order valence-corrected chi connectivity index (χ3v) is 5.68. The topological polar surface area (TPSA) is 46.5 Å². The quantitative estimate of drug-likeness (QED) is 0.436. The van der Waals surface area contributed by atoms with E-state index < -0.39 is 5.97 Å². The Labute approximate surface area is 182 Å². The number of hydrogen-bond acceptors (Lipinski definition) is 3. The van der Waals surface area contributed by atoms with Crippen molar-refractivity contribution in [1.82, 2.24) is 0 Å². The van der Waals surface area contributed by atoms with E-state index in [-0.39, 0.29) is 6.61 Å². The molecule has 0 amide bonds. The molecule has 30 heavy (non-hydrogen) atoms. The van der Waals surface area contributed by atoms with Gasteiger partial charge in [0, 0.05) is 10.6 Å². The van der Waals surface area contributed by atoms with Crippen molar-refractivity contribution >= 4 is 23.3 Å². The lowest BCUT2D eigenvalue weighted by molar-refractivity contribution is -0.139. The van der Waals surface area contributed by atoms with E-state index in [9.17, 15) is 4.79 Å². The summed E-state index contributed by atoms with van der Waals surface area (Å²) in [6.07, 6.45) is 2.27. The third-order valence-electron chi connectivity index (χ3n) is 4.76. The van der Waals surface area contributed by atoms with Crippen LogP contribution < -0.4 is 4.74 Å². The average Bonchev–Trinajstić information content (AvgIpc) is 2.72. The molecule has 3 aromatic rings. The molecule has 0 aliphatic rings. The molecule has 0 fully saturated rings. The van der Waals surface area contributed by atoms with Gasteiger partial charge in [0.15, 0.2) is 6.61 Å². The second-order valence-electron chi connectivity index (χ2n) is 7.27. The average molecular weight is 419 g/mol. The fraction of sp³-hybridized carbons (Fsp3) is 0.192. The van der Waals surface area contributed by atoms with Gasteiger partial charge in [0.05, 0.1) is 0 Å². The number of benzene rings is 3. The van der Waals surface area contributed by atoms with Gasteiger partial charge in [0.1, 0.15) is 5.75 Å². The minimum atomic E-state index is -0.974. The van der Waals surface area contributed by atoms with Crippen LogP contribution in [-0.4, -0.2) is 23.4 Å². The van der Waals surface area contributed by atoms with Crippen LogP contribution in [0.15, 0.2) is 77.7 Å². The molecular formula is C26H26O3S. The van der Waals surface area contributed by atoms with Gasteiger partial charge in [-0.1, -0.05) is 65.7 Å². The second kappa shape index (κ2) is 10.2. The van der Waals surface area contributed by atoms with Gasteiger partial charge in [-0.15, -0.1) is 11.8 Å². The Morgan fingerprint density at radius 2 is 1.47 bits per heavy atom. The van der Waals surface area contributed by atoms with Gasteiger partial charge in [-0.2, -0.15) is 0 Å². The molecule has 1 N–H and O–H groups in total. The summed E-state index contributed by atoms with van der Waals surface area (Å²) in [6, 6.07) is 23.1. The van der Waals surface area contributed by atoms with Gasteiger partial charge in [0.2, 0.25) is 0 Å². The van der Waals surface area contributed by atoms with Crippen molar-refractivity contribution in [1.29, 1.82) is 0 Å². The molecule has 0 aliphatic heterocycles. The molecule has 0 heterocycles. The molecule has 4 heteroatoms. The van der Waals surface area contributed by atoms with Crippen molar-refractivity contribution in [2.45, 2.75) is 25.7 Å². The lowest BCUT2D eigenvalue weighted by Crippen LogP contribution is -2.09. The van der Waals surface area contributed by atoms with Crippen molar-refractivity contribution in [3.8, 4) is 5.75 Å². The molecule has 0 saturated heterocycles. The number of carboxylic acid groups (broad SMARTS) is 1. The van der Waals surface area contributed by atoms with Gasteiger partial charge in [-0.25, -0.2) is 4.79 Å². The number of thioether (sulfide) groups is 1. The summed E-state index contributed by atoms with van der Waals surface area (Å²) < 4.78 is 5.31. The van der Waals surface area contributed by atoms with E-state index in [0.29, 0.717) is 5.75 Å². The Morgan fingerprint density at radius 1 is 0.900 bits per heavy atom. The maximum absolute atomic E-state index is 10.7. The first-order valence-electron chi connectivity index (χ1n) is 9.84. The monoisotopic (exact) mass is 418 g/mol. The predicted molar refractivity (Wildman–Crippen MR) is 124 cm³/mol. The number of ether oxygens (including phenoxy) is 1. The predicted octanol–water partition coefficient (Wildman–Crippen LogP) is 6.30. The highest BCUT2D eigenvalue weighted by atomic mass is 32.2. The third kappa shape index (κ3) is 6.01. The van der Waals surface area contributed by atoms with E-state index in [0.717, 1.165) is 16.2 Å². The van der Waals surface area contributed by atoms with Crippen molar-refractivity contribution < 1.29 is 14.6 Å². The van der Waals surface area contributed by atoms with Crippen LogP contribution in [-0.2, 0) is 4.79 Å². The number of aryl methyl sites for hydroxylation is 3. The molecule has 154 valence electrons. The first-order valence-corrected chi connectivity index (χ1v) is 10.8. The summed E-state index contributed by atoms with van der Waals surface area (Å²) in [6.45, 7) is 5.80. The van der Waals surface area contributed by atoms with Crippen molar-refractivity contribution in [3.05, 3.63) is 101 Å². The van der Waals surface area contributed by atoms with E-state index in [1.807, 2.05) is 25.1 Å². The zero-order chi connectivity index (χ0) is 21.5. The van der Waals surface area contributed by atoms with E-state index in [4.69, 9.17) is 9.84 Å². The molecule has 3 rings (SSSR count). The highest BCUT2D eigenvalue weighted by Crippen LogP contribution is 2.29. The molecular weight excluding hydrogens is 392 g/mol. The zero-order valence-electron chi connectivity index (χ0n) is 17.5. The zero-order valence-corrected chi connectivity index (χ0v) is 18.3. The highest BCUT2D eigenvalue weighted by Gasteiger charge is 2.07. The fourth-order valence-corrected chi connectivity index (χ4v) is 3.97. The summed E-state index contributed by atoms with van der Waals surface area (Å²) in [7, 11) is 0. The Bertz CT molecular complexity index is 987. The Hall–Kier alpha value is -2.98.